The number of fused-ring (bicyclic) bond motifs is 1. The largest absolute Gasteiger partial charge is 0.503 e. The summed E-state index contributed by atoms with van der Waals surface area (Å²) in [4.78, 5) is 36.8. The summed E-state index contributed by atoms with van der Waals surface area (Å²) >= 11 is 1.34. The van der Waals surface area contributed by atoms with Crippen LogP contribution in [0.3, 0.4) is 0 Å². The molecule has 3 aromatic heterocycles. The Morgan fingerprint density at radius 1 is 1.19 bits per heavy atom. The molecular formula is C24H19N3O4S. The lowest BCUT2D eigenvalue weighted by Crippen LogP contribution is -2.31. The number of aliphatic hydroxyl groups is 1. The summed E-state index contributed by atoms with van der Waals surface area (Å²) in [5.41, 5.74) is 3.40. The summed E-state index contributed by atoms with van der Waals surface area (Å²) in [6.07, 6.45) is 3.18. The number of ketones is 1. The predicted octanol–water partition coefficient (Wildman–Crippen LogP) is 4.99. The molecule has 7 nitrogen and oxygen atoms in total. The lowest BCUT2D eigenvalue weighted by molar-refractivity contribution is -0.117. The summed E-state index contributed by atoms with van der Waals surface area (Å²) in [6.45, 7) is 5.69. The van der Waals surface area contributed by atoms with Gasteiger partial charge in [0.25, 0.3) is 5.91 Å². The van der Waals surface area contributed by atoms with Crippen molar-refractivity contribution in [2.45, 2.75) is 26.8 Å². The topological polar surface area (TPSA) is 96.5 Å². The highest BCUT2D eigenvalue weighted by Gasteiger charge is 2.46. The van der Waals surface area contributed by atoms with E-state index in [1.807, 2.05) is 26.0 Å². The van der Waals surface area contributed by atoms with Gasteiger partial charge in [-0.2, -0.15) is 0 Å². The van der Waals surface area contributed by atoms with Crippen molar-refractivity contribution in [2.75, 3.05) is 4.90 Å². The first kappa shape index (κ1) is 20.1. The first-order chi connectivity index (χ1) is 15.3. The molecule has 1 aliphatic rings. The number of hydrogen-bond donors (Lipinski definition) is 1. The molecule has 4 aromatic rings. The van der Waals surface area contributed by atoms with Gasteiger partial charge in [0, 0.05) is 12.4 Å². The number of hydrogen-bond acceptors (Lipinski definition) is 7. The van der Waals surface area contributed by atoms with Crippen LogP contribution in [0.15, 0.2) is 64.5 Å². The summed E-state index contributed by atoms with van der Waals surface area (Å²) in [7, 11) is 0. The van der Waals surface area contributed by atoms with Crippen LogP contribution in [0.2, 0.25) is 0 Å². The predicted molar refractivity (Wildman–Crippen MR) is 121 cm³/mol. The molecule has 5 rings (SSSR count). The monoisotopic (exact) mass is 445 g/mol. The molecule has 1 aromatic carbocycles. The number of nitrogens with zero attached hydrogens (tertiary/aromatic N) is 3. The zero-order valence-corrected chi connectivity index (χ0v) is 18.4. The molecule has 1 amide bonds. The lowest BCUT2D eigenvalue weighted by atomic mass is 9.96. The Morgan fingerprint density at radius 2 is 2.00 bits per heavy atom. The van der Waals surface area contributed by atoms with Gasteiger partial charge in [-0.05, 0) is 61.7 Å². The van der Waals surface area contributed by atoms with Crippen LogP contribution in [0.25, 0.3) is 10.2 Å². The number of thiazole rings is 1. The van der Waals surface area contributed by atoms with Gasteiger partial charge in [-0.25, -0.2) is 4.98 Å². The Bertz CT molecular complexity index is 1420. The zero-order chi connectivity index (χ0) is 22.6. The highest BCUT2D eigenvalue weighted by atomic mass is 32.1. The second kappa shape index (κ2) is 7.42. The fourth-order valence-electron chi connectivity index (χ4n) is 4.04. The molecule has 0 fully saturated rings. The minimum atomic E-state index is -0.879. The SMILES string of the molecule is Cc1cc(C)c2nc(N3C(=O)C(O)=C(C(=O)c4ccc(C)o4)C3c3cccnc3)sc2c1. The Hall–Kier alpha value is -3.78. The zero-order valence-electron chi connectivity index (χ0n) is 17.6. The highest BCUT2D eigenvalue weighted by Crippen LogP contribution is 2.44. The van der Waals surface area contributed by atoms with E-state index >= 15 is 0 Å². The molecule has 1 N–H and O–H groups in total. The highest BCUT2D eigenvalue weighted by molar-refractivity contribution is 7.22. The van der Waals surface area contributed by atoms with E-state index in [0.29, 0.717) is 16.5 Å². The van der Waals surface area contributed by atoms with Crippen LogP contribution in [-0.4, -0.2) is 26.8 Å². The average molecular weight is 446 g/mol. The summed E-state index contributed by atoms with van der Waals surface area (Å²) in [5.74, 6) is -1.22. The van der Waals surface area contributed by atoms with Gasteiger partial charge in [0.2, 0.25) is 5.78 Å². The molecule has 32 heavy (non-hydrogen) atoms. The first-order valence-corrected chi connectivity index (χ1v) is 10.8. The fourth-order valence-corrected chi connectivity index (χ4v) is 5.21. The second-order valence-corrected chi connectivity index (χ2v) is 8.80. The van der Waals surface area contributed by atoms with Crippen LogP contribution < -0.4 is 4.90 Å². The number of amides is 1. The maximum Gasteiger partial charge on any atom is 0.296 e. The fraction of sp³-hybridized carbons (Fsp3) is 0.167. The van der Waals surface area contributed by atoms with E-state index in [1.165, 1.54) is 22.3 Å². The maximum atomic E-state index is 13.3. The van der Waals surface area contributed by atoms with Crippen molar-refractivity contribution < 1.29 is 19.1 Å². The minimum Gasteiger partial charge on any atom is -0.503 e. The van der Waals surface area contributed by atoms with E-state index in [2.05, 4.69) is 4.98 Å². The van der Waals surface area contributed by atoms with Gasteiger partial charge in [0.1, 0.15) is 5.76 Å². The Morgan fingerprint density at radius 3 is 2.69 bits per heavy atom. The number of pyridine rings is 1. The third-order valence-corrected chi connectivity index (χ3v) is 6.44. The molecule has 0 aliphatic carbocycles. The number of Topliss-reactive ketones (excluding diaryl/α,β-unsaturated/α-hetero) is 1. The summed E-state index contributed by atoms with van der Waals surface area (Å²) in [5, 5.41) is 11.2. The first-order valence-electron chi connectivity index (χ1n) is 10.0. The van der Waals surface area contributed by atoms with Gasteiger partial charge in [-0.15, -0.1) is 0 Å². The number of aliphatic hydroxyl groups excluding tert-OH is 1. The minimum absolute atomic E-state index is 0.0514. The number of carbonyl (C=O) groups excluding carboxylic acids is 2. The van der Waals surface area contributed by atoms with Crippen LogP contribution >= 0.6 is 11.3 Å². The van der Waals surface area contributed by atoms with E-state index in [1.54, 1.807) is 37.5 Å². The molecular weight excluding hydrogens is 426 g/mol. The molecule has 1 atom stereocenters. The molecule has 160 valence electrons. The molecule has 0 saturated carbocycles. The summed E-state index contributed by atoms with van der Waals surface area (Å²) in [6, 6.07) is 9.84. The van der Waals surface area contributed by atoms with Crippen molar-refractivity contribution in [1.29, 1.82) is 0 Å². The van der Waals surface area contributed by atoms with E-state index in [0.717, 1.165) is 21.3 Å². The second-order valence-electron chi connectivity index (χ2n) is 7.79. The number of furan rings is 1. The van der Waals surface area contributed by atoms with E-state index in [4.69, 9.17) is 9.40 Å². The molecule has 1 aliphatic heterocycles. The van der Waals surface area contributed by atoms with Gasteiger partial charge >= 0.3 is 0 Å². The number of carbonyl (C=O) groups is 2. The molecule has 0 radical (unpaired) electrons. The van der Waals surface area contributed by atoms with Gasteiger partial charge in [0.15, 0.2) is 16.7 Å². The van der Waals surface area contributed by atoms with Gasteiger partial charge in [-0.1, -0.05) is 23.5 Å². The lowest BCUT2D eigenvalue weighted by Gasteiger charge is -2.23. The number of benzene rings is 1. The quantitative estimate of drug-likeness (QED) is 0.445. The molecule has 1 unspecified atom stereocenters. The standard InChI is InChI=1S/C24H19N3O4S/c1-12-9-13(2)19-17(10-12)32-24(26-19)27-20(15-5-4-8-25-11-15)18(22(29)23(27)30)21(28)16-7-6-14(3)31-16/h4-11,20,29H,1-3H3. The molecule has 4 heterocycles. The Balaban J connectivity index is 1.69. The summed E-state index contributed by atoms with van der Waals surface area (Å²) < 4.78 is 6.42. The molecule has 0 spiro atoms. The number of aromatic nitrogens is 2. The number of anilines is 1. The third-order valence-electron chi connectivity index (χ3n) is 5.44. The van der Waals surface area contributed by atoms with Gasteiger partial charge in [-0.3, -0.25) is 19.5 Å². The van der Waals surface area contributed by atoms with Crippen LogP contribution in [0, 0.1) is 20.8 Å². The number of aryl methyl sites for hydroxylation is 3. The van der Waals surface area contributed by atoms with Gasteiger partial charge in [0.05, 0.1) is 21.8 Å². The Labute approximate surface area is 187 Å². The third kappa shape index (κ3) is 3.11. The van der Waals surface area contributed by atoms with Crippen molar-refractivity contribution in [3.8, 4) is 0 Å². The van der Waals surface area contributed by atoms with Crippen molar-refractivity contribution in [3.63, 3.8) is 0 Å². The molecule has 0 bridgehead atoms. The smallest absolute Gasteiger partial charge is 0.296 e. The Kier molecular flexibility index (Phi) is 4.67. The van der Waals surface area contributed by atoms with E-state index < -0.39 is 23.5 Å². The molecule has 8 heteroatoms. The van der Waals surface area contributed by atoms with Crippen LogP contribution in [-0.2, 0) is 4.79 Å². The van der Waals surface area contributed by atoms with Crippen molar-refractivity contribution in [2.24, 2.45) is 0 Å². The van der Waals surface area contributed by atoms with Crippen molar-refractivity contribution >= 4 is 38.4 Å². The van der Waals surface area contributed by atoms with Crippen molar-refractivity contribution in [3.05, 3.63) is 88.3 Å². The average Bonchev–Trinajstić information content (AvgIpc) is 3.45. The van der Waals surface area contributed by atoms with Crippen LogP contribution in [0.1, 0.15) is 39.0 Å². The van der Waals surface area contributed by atoms with Crippen molar-refractivity contribution in [1.82, 2.24) is 9.97 Å². The van der Waals surface area contributed by atoms with E-state index in [9.17, 15) is 14.7 Å². The maximum absolute atomic E-state index is 13.3. The van der Waals surface area contributed by atoms with Gasteiger partial charge < -0.3 is 9.52 Å². The van der Waals surface area contributed by atoms with E-state index in [-0.39, 0.29) is 11.3 Å². The molecule has 0 saturated heterocycles. The van der Waals surface area contributed by atoms with Crippen LogP contribution in [0.4, 0.5) is 5.13 Å². The normalized spacial score (nSPS) is 16.4. The van der Waals surface area contributed by atoms with Crippen LogP contribution in [0.5, 0.6) is 0 Å². The number of rotatable bonds is 4.